The molecule has 1 unspecified atom stereocenters. The van der Waals surface area contributed by atoms with Crippen LogP contribution in [-0.2, 0) is 4.79 Å². The summed E-state index contributed by atoms with van der Waals surface area (Å²) < 4.78 is 0. The maximum absolute atomic E-state index is 12.3. The van der Waals surface area contributed by atoms with Crippen molar-refractivity contribution < 1.29 is 4.79 Å². The summed E-state index contributed by atoms with van der Waals surface area (Å²) in [6.07, 6.45) is 2.38. The second-order valence-corrected chi connectivity index (χ2v) is 6.11. The first-order chi connectivity index (χ1) is 8.09. The van der Waals surface area contributed by atoms with Crippen molar-refractivity contribution in [1.29, 1.82) is 0 Å². The summed E-state index contributed by atoms with van der Waals surface area (Å²) in [7, 11) is 0. The standard InChI is InChI=1S/C14H26N2O/c1-10(2)11(3)14(17)16-6-4-12-8-15-9-13(12)5-7-16/h10-13,15H,4-9H2,1-3H3/t11?,12-,13+. The summed E-state index contributed by atoms with van der Waals surface area (Å²) in [6.45, 7) is 10.6. The molecule has 3 atom stereocenters. The van der Waals surface area contributed by atoms with Crippen LogP contribution in [0.1, 0.15) is 33.6 Å². The Morgan fingerprint density at radius 1 is 1.12 bits per heavy atom. The number of fused-ring (bicyclic) bond motifs is 1. The molecule has 3 nitrogen and oxygen atoms in total. The van der Waals surface area contributed by atoms with Crippen LogP contribution in [0.25, 0.3) is 0 Å². The van der Waals surface area contributed by atoms with Gasteiger partial charge in [-0.05, 0) is 43.7 Å². The van der Waals surface area contributed by atoms with Crippen molar-refractivity contribution in [1.82, 2.24) is 10.2 Å². The fraction of sp³-hybridized carbons (Fsp3) is 0.929. The molecule has 2 rings (SSSR count). The van der Waals surface area contributed by atoms with Crippen LogP contribution in [0.2, 0.25) is 0 Å². The predicted molar refractivity (Wildman–Crippen MR) is 69.7 cm³/mol. The van der Waals surface area contributed by atoms with E-state index in [0.29, 0.717) is 11.8 Å². The third-order valence-corrected chi connectivity index (χ3v) is 4.72. The molecule has 98 valence electrons. The Labute approximate surface area is 105 Å². The third kappa shape index (κ3) is 2.82. The first-order valence-corrected chi connectivity index (χ1v) is 7.09. The molecule has 2 heterocycles. The summed E-state index contributed by atoms with van der Waals surface area (Å²) in [5.74, 6) is 2.61. The van der Waals surface area contributed by atoms with Gasteiger partial charge >= 0.3 is 0 Å². The first-order valence-electron chi connectivity index (χ1n) is 7.09. The zero-order valence-electron chi connectivity index (χ0n) is 11.4. The van der Waals surface area contributed by atoms with Crippen LogP contribution >= 0.6 is 0 Å². The Morgan fingerprint density at radius 3 is 2.12 bits per heavy atom. The van der Waals surface area contributed by atoms with Crippen LogP contribution in [0.15, 0.2) is 0 Å². The Morgan fingerprint density at radius 2 is 1.65 bits per heavy atom. The number of carbonyl (C=O) groups is 1. The minimum atomic E-state index is 0.172. The number of amides is 1. The van der Waals surface area contributed by atoms with Crippen LogP contribution < -0.4 is 5.32 Å². The lowest BCUT2D eigenvalue weighted by molar-refractivity contribution is -0.136. The van der Waals surface area contributed by atoms with Gasteiger partial charge in [-0.3, -0.25) is 4.79 Å². The summed E-state index contributed by atoms with van der Waals surface area (Å²) in [5.41, 5.74) is 0. The zero-order chi connectivity index (χ0) is 12.4. The van der Waals surface area contributed by atoms with Crippen molar-refractivity contribution in [3.8, 4) is 0 Å². The molecule has 1 N–H and O–H groups in total. The van der Waals surface area contributed by atoms with Gasteiger partial charge < -0.3 is 10.2 Å². The number of nitrogens with one attached hydrogen (secondary N) is 1. The number of hydrogen-bond donors (Lipinski definition) is 1. The molecule has 0 saturated carbocycles. The smallest absolute Gasteiger partial charge is 0.225 e. The maximum atomic E-state index is 12.3. The normalized spacial score (nSPS) is 31.2. The maximum Gasteiger partial charge on any atom is 0.225 e. The summed E-state index contributed by atoms with van der Waals surface area (Å²) >= 11 is 0. The quantitative estimate of drug-likeness (QED) is 0.794. The number of rotatable bonds is 2. The topological polar surface area (TPSA) is 32.3 Å². The van der Waals surface area contributed by atoms with Gasteiger partial charge in [-0.1, -0.05) is 20.8 Å². The summed E-state index contributed by atoms with van der Waals surface area (Å²) in [4.78, 5) is 14.4. The van der Waals surface area contributed by atoms with Gasteiger partial charge in [-0.15, -0.1) is 0 Å². The van der Waals surface area contributed by atoms with Crippen LogP contribution in [0.3, 0.4) is 0 Å². The lowest BCUT2D eigenvalue weighted by Crippen LogP contribution is -2.38. The molecule has 2 aliphatic rings. The Balaban J connectivity index is 1.92. The molecule has 0 aromatic rings. The molecule has 0 bridgehead atoms. The predicted octanol–water partition coefficient (Wildman–Crippen LogP) is 1.74. The molecule has 1 amide bonds. The van der Waals surface area contributed by atoms with Crippen molar-refractivity contribution in [3.63, 3.8) is 0 Å². The van der Waals surface area contributed by atoms with Gasteiger partial charge in [0.05, 0.1) is 0 Å². The van der Waals surface area contributed by atoms with Crippen LogP contribution in [0.4, 0.5) is 0 Å². The van der Waals surface area contributed by atoms with Crippen LogP contribution in [0.5, 0.6) is 0 Å². The number of nitrogens with zero attached hydrogens (tertiary/aromatic N) is 1. The highest BCUT2D eigenvalue weighted by Crippen LogP contribution is 2.28. The van der Waals surface area contributed by atoms with Crippen molar-refractivity contribution in [2.45, 2.75) is 33.6 Å². The molecule has 3 heteroatoms. The van der Waals surface area contributed by atoms with Gasteiger partial charge in [0.15, 0.2) is 0 Å². The molecular weight excluding hydrogens is 212 g/mol. The van der Waals surface area contributed by atoms with Gasteiger partial charge in [0.2, 0.25) is 5.91 Å². The van der Waals surface area contributed by atoms with E-state index in [0.717, 1.165) is 38.0 Å². The van der Waals surface area contributed by atoms with Crippen LogP contribution in [0, 0.1) is 23.7 Å². The molecule has 0 aromatic carbocycles. The van der Waals surface area contributed by atoms with E-state index in [1.807, 2.05) is 0 Å². The Hall–Kier alpha value is -0.570. The molecule has 0 spiro atoms. The highest BCUT2D eigenvalue weighted by Gasteiger charge is 2.32. The monoisotopic (exact) mass is 238 g/mol. The van der Waals surface area contributed by atoms with E-state index < -0.39 is 0 Å². The van der Waals surface area contributed by atoms with Gasteiger partial charge in [-0.2, -0.15) is 0 Å². The second kappa shape index (κ2) is 5.38. The van der Waals surface area contributed by atoms with Crippen molar-refractivity contribution in [2.75, 3.05) is 26.2 Å². The molecule has 0 radical (unpaired) electrons. The average molecular weight is 238 g/mol. The van der Waals surface area contributed by atoms with E-state index in [-0.39, 0.29) is 5.92 Å². The second-order valence-electron chi connectivity index (χ2n) is 6.11. The minimum Gasteiger partial charge on any atom is -0.342 e. The van der Waals surface area contributed by atoms with Crippen LogP contribution in [-0.4, -0.2) is 37.0 Å². The molecular formula is C14H26N2O. The molecule has 2 fully saturated rings. The Kier molecular flexibility index (Phi) is 4.08. The fourth-order valence-corrected chi connectivity index (χ4v) is 3.01. The van der Waals surface area contributed by atoms with Gasteiger partial charge in [0.25, 0.3) is 0 Å². The van der Waals surface area contributed by atoms with E-state index in [1.54, 1.807) is 0 Å². The van der Waals surface area contributed by atoms with E-state index in [2.05, 4.69) is 31.0 Å². The SMILES string of the molecule is CC(C)C(C)C(=O)N1CC[C@@H]2CNC[C@@H]2CC1. The van der Waals surface area contributed by atoms with E-state index in [1.165, 1.54) is 12.8 Å². The highest BCUT2D eigenvalue weighted by atomic mass is 16.2. The fourth-order valence-electron chi connectivity index (χ4n) is 3.01. The molecule has 2 saturated heterocycles. The number of likely N-dealkylation sites (tertiary alicyclic amines) is 1. The number of carbonyl (C=O) groups excluding carboxylic acids is 1. The third-order valence-electron chi connectivity index (χ3n) is 4.72. The van der Waals surface area contributed by atoms with Crippen molar-refractivity contribution in [3.05, 3.63) is 0 Å². The van der Waals surface area contributed by atoms with Crippen molar-refractivity contribution in [2.24, 2.45) is 23.7 Å². The Bertz CT molecular complexity index is 263. The van der Waals surface area contributed by atoms with E-state index in [4.69, 9.17) is 0 Å². The highest BCUT2D eigenvalue weighted by molar-refractivity contribution is 5.78. The van der Waals surface area contributed by atoms with Crippen molar-refractivity contribution >= 4 is 5.91 Å². The summed E-state index contributed by atoms with van der Waals surface area (Å²) in [5, 5.41) is 3.47. The minimum absolute atomic E-state index is 0.172. The molecule has 0 aliphatic carbocycles. The number of hydrogen-bond acceptors (Lipinski definition) is 2. The zero-order valence-corrected chi connectivity index (χ0v) is 11.4. The molecule has 17 heavy (non-hydrogen) atoms. The molecule has 0 aromatic heterocycles. The largest absolute Gasteiger partial charge is 0.342 e. The van der Waals surface area contributed by atoms with Gasteiger partial charge in [0.1, 0.15) is 0 Å². The van der Waals surface area contributed by atoms with E-state index in [9.17, 15) is 4.79 Å². The lowest BCUT2D eigenvalue weighted by atomic mass is 9.92. The summed E-state index contributed by atoms with van der Waals surface area (Å²) in [6, 6.07) is 0. The lowest BCUT2D eigenvalue weighted by Gasteiger charge is -2.26. The average Bonchev–Trinajstić information content (AvgIpc) is 2.66. The van der Waals surface area contributed by atoms with E-state index >= 15 is 0 Å². The van der Waals surface area contributed by atoms with Gasteiger partial charge in [0, 0.05) is 19.0 Å². The first kappa shape index (κ1) is 12.9. The molecule has 2 aliphatic heterocycles. The van der Waals surface area contributed by atoms with Gasteiger partial charge in [-0.25, -0.2) is 0 Å².